The van der Waals surface area contributed by atoms with Gasteiger partial charge in [0.2, 0.25) is 5.91 Å². The van der Waals surface area contributed by atoms with Gasteiger partial charge >= 0.3 is 0 Å². The summed E-state index contributed by atoms with van der Waals surface area (Å²) in [5.74, 6) is 0.357. The predicted octanol–water partition coefficient (Wildman–Crippen LogP) is 6.28. The van der Waals surface area contributed by atoms with Gasteiger partial charge in [-0.3, -0.25) is 9.20 Å². The standard InChI is InChI=1S/C30H26Cl2N6O4/c1-3-26(40)36-21-13-18(37-8-10-42-11-9-37)4-5-20(21)35-25-14-22-17(16-34-25)12-19(30-33-6-7-38(22)30)27-28(31)23(39)15-24(41-2)29(27)32/h3-7,12-16,39H,1,8-11H2,2H3,(H,34,35)(H,36,40). The van der Waals surface area contributed by atoms with E-state index in [1.165, 1.54) is 19.3 Å². The molecule has 0 bridgehead atoms. The van der Waals surface area contributed by atoms with Gasteiger partial charge in [0.05, 0.1) is 47.3 Å². The summed E-state index contributed by atoms with van der Waals surface area (Å²) in [6.45, 7) is 6.41. The lowest BCUT2D eigenvalue weighted by molar-refractivity contribution is -0.111. The van der Waals surface area contributed by atoms with Crippen LogP contribution in [-0.4, -0.2) is 58.8 Å². The molecular weight excluding hydrogens is 579 g/mol. The number of aromatic nitrogens is 3. The molecule has 1 aliphatic rings. The normalized spacial score (nSPS) is 13.4. The van der Waals surface area contributed by atoms with Crippen LogP contribution in [0.5, 0.6) is 11.5 Å². The third-order valence-corrected chi connectivity index (χ3v) is 7.83. The van der Waals surface area contributed by atoms with E-state index in [9.17, 15) is 9.90 Å². The van der Waals surface area contributed by atoms with Crippen LogP contribution in [0.25, 0.3) is 27.7 Å². The van der Waals surface area contributed by atoms with Gasteiger partial charge in [0.1, 0.15) is 23.0 Å². The first-order chi connectivity index (χ1) is 20.4. The van der Waals surface area contributed by atoms with Gasteiger partial charge in [-0.1, -0.05) is 29.8 Å². The fraction of sp³-hybridized carbons (Fsp3) is 0.167. The fourth-order valence-electron chi connectivity index (χ4n) is 5.01. The first-order valence-electron chi connectivity index (χ1n) is 13.1. The summed E-state index contributed by atoms with van der Waals surface area (Å²) in [6, 6.07) is 11.0. The van der Waals surface area contributed by atoms with Crippen molar-refractivity contribution in [2.75, 3.05) is 48.9 Å². The zero-order valence-corrected chi connectivity index (χ0v) is 24.0. The van der Waals surface area contributed by atoms with Crippen LogP contribution in [0.1, 0.15) is 0 Å². The molecule has 0 spiro atoms. The molecule has 10 nitrogen and oxygen atoms in total. The van der Waals surface area contributed by atoms with Crippen molar-refractivity contribution >= 4 is 68.5 Å². The van der Waals surface area contributed by atoms with Crippen molar-refractivity contribution in [1.82, 2.24) is 14.4 Å². The molecule has 5 aromatic rings. The van der Waals surface area contributed by atoms with Crippen molar-refractivity contribution in [3.05, 3.63) is 77.7 Å². The van der Waals surface area contributed by atoms with Crippen LogP contribution in [0.2, 0.25) is 10.0 Å². The molecule has 0 saturated carbocycles. The molecule has 1 amide bonds. The van der Waals surface area contributed by atoms with Crippen LogP contribution in [0.4, 0.5) is 22.9 Å². The van der Waals surface area contributed by atoms with Gasteiger partial charge in [-0.25, -0.2) is 9.97 Å². The van der Waals surface area contributed by atoms with E-state index < -0.39 is 0 Å². The highest BCUT2D eigenvalue weighted by Gasteiger charge is 2.22. The number of rotatable bonds is 7. The minimum absolute atomic E-state index is 0.0888. The molecule has 0 radical (unpaired) electrons. The summed E-state index contributed by atoms with van der Waals surface area (Å²) in [4.78, 5) is 23.7. The highest BCUT2D eigenvalue weighted by Crippen LogP contribution is 2.47. The molecule has 6 rings (SSSR count). The first kappa shape index (κ1) is 27.6. The Morgan fingerprint density at radius 1 is 1.12 bits per heavy atom. The number of anilines is 4. The van der Waals surface area contributed by atoms with Crippen molar-refractivity contribution < 1.29 is 19.4 Å². The zero-order chi connectivity index (χ0) is 29.4. The summed E-state index contributed by atoms with van der Waals surface area (Å²) in [5.41, 5.74) is 4.62. The lowest BCUT2D eigenvalue weighted by atomic mass is 10.0. The van der Waals surface area contributed by atoms with Gasteiger partial charge in [0, 0.05) is 66.0 Å². The number of ether oxygens (including phenoxy) is 2. The van der Waals surface area contributed by atoms with Crippen molar-refractivity contribution in [3.63, 3.8) is 0 Å². The average Bonchev–Trinajstić information content (AvgIpc) is 3.51. The molecule has 4 heterocycles. The van der Waals surface area contributed by atoms with E-state index in [4.69, 9.17) is 32.7 Å². The summed E-state index contributed by atoms with van der Waals surface area (Å²) in [5, 5.41) is 17.8. The van der Waals surface area contributed by atoms with Crippen LogP contribution in [0, 0.1) is 0 Å². The SMILES string of the molecule is C=CC(=O)Nc1cc(N2CCOCC2)ccc1Nc1cc2c(cn1)cc(-c1c(Cl)c(O)cc(OC)c1Cl)c1nccn12. The first-order valence-corrected chi connectivity index (χ1v) is 13.8. The van der Waals surface area contributed by atoms with Crippen molar-refractivity contribution in [3.8, 4) is 22.6 Å². The number of nitrogens with zero attached hydrogens (tertiary/aromatic N) is 4. The fourth-order valence-corrected chi connectivity index (χ4v) is 5.64. The Hall–Kier alpha value is -4.51. The number of morpholine rings is 1. The number of pyridine rings is 2. The number of nitrogens with one attached hydrogen (secondary N) is 2. The van der Waals surface area contributed by atoms with E-state index in [-0.39, 0.29) is 27.5 Å². The van der Waals surface area contributed by atoms with E-state index >= 15 is 0 Å². The number of phenols is 1. The van der Waals surface area contributed by atoms with Gasteiger partial charge in [-0.2, -0.15) is 0 Å². The predicted molar refractivity (Wildman–Crippen MR) is 166 cm³/mol. The van der Waals surface area contributed by atoms with Crippen LogP contribution in [0.3, 0.4) is 0 Å². The Kier molecular flexibility index (Phi) is 7.51. The molecule has 0 aliphatic carbocycles. The quantitative estimate of drug-likeness (QED) is 0.186. The Morgan fingerprint density at radius 2 is 1.93 bits per heavy atom. The number of methoxy groups -OCH3 is 1. The van der Waals surface area contributed by atoms with Gasteiger partial charge < -0.3 is 30.1 Å². The lowest BCUT2D eigenvalue weighted by Crippen LogP contribution is -2.36. The number of halogens is 2. The van der Waals surface area contributed by atoms with Gasteiger partial charge in [-0.15, -0.1) is 0 Å². The molecule has 214 valence electrons. The number of phenolic OH excluding ortho intramolecular Hbond substituents is 1. The van der Waals surface area contributed by atoms with E-state index in [1.54, 1.807) is 12.4 Å². The number of fused-ring (bicyclic) bond motifs is 3. The number of aromatic hydroxyl groups is 1. The van der Waals surface area contributed by atoms with Crippen LogP contribution >= 0.6 is 23.2 Å². The average molecular weight is 605 g/mol. The molecule has 2 aromatic carbocycles. The zero-order valence-electron chi connectivity index (χ0n) is 22.5. The van der Waals surface area contributed by atoms with E-state index in [2.05, 4.69) is 32.1 Å². The minimum atomic E-state index is -0.322. The summed E-state index contributed by atoms with van der Waals surface area (Å²) >= 11 is 13.2. The monoisotopic (exact) mass is 604 g/mol. The van der Waals surface area contributed by atoms with E-state index in [1.807, 2.05) is 40.9 Å². The number of imidazole rings is 1. The summed E-state index contributed by atoms with van der Waals surface area (Å²) in [6.07, 6.45) is 6.43. The maximum Gasteiger partial charge on any atom is 0.247 e. The molecule has 1 fully saturated rings. The Morgan fingerprint density at radius 3 is 2.69 bits per heavy atom. The highest BCUT2D eigenvalue weighted by atomic mass is 35.5. The molecule has 12 heteroatoms. The molecule has 0 atom stereocenters. The molecule has 42 heavy (non-hydrogen) atoms. The van der Waals surface area contributed by atoms with E-state index in [0.29, 0.717) is 47.2 Å². The van der Waals surface area contributed by atoms with Crippen LogP contribution in [-0.2, 0) is 9.53 Å². The topological polar surface area (TPSA) is 113 Å². The Bertz CT molecular complexity index is 1850. The molecular formula is C30H26Cl2N6O4. The maximum atomic E-state index is 12.3. The smallest absolute Gasteiger partial charge is 0.247 e. The summed E-state index contributed by atoms with van der Waals surface area (Å²) < 4.78 is 12.7. The molecule has 1 saturated heterocycles. The molecule has 1 aliphatic heterocycles. The second-order valence-electron chi connectivity index (χ2n) is 9.56. The Balaban J connectivity index is 1.42. The second-order valence-corrected chi connectivity index (χ2v) is 10.3. The van der Waals surface area contributed by atoms with Crippen molar-refractivity contribution in [2.24, 2.45) is 0 Å². The summed E-state index contributed by atoms with van der Waals surface area (Å²) in [7, 11) is 1.46. The van der Waals surface area contributed by atoms with Crippen LogP contribution < -0.4 is 20.3 Å². The molecule has 3 N–H and O–H groups in total. The van der Waals surface area contributed by atoms with Gasteiger partial charge in [0.25, 0.3) is 0 Å². The largest absolute Gasteiger partial charge is 0.506 e. The number of hydrogen-bond acceptors (Lipinski definition) is 8. The maximum absolute atomic E-state index is 12.3. The van der Waals surface area contributed by atoms with E-state index in [0.717, 1.165) is 29.7 Å². The third kappa shape index (κ3) is 5.04. The van der Waals surface area contributed by atoms with Gasteiger partial charge in [0.15, 0.2) is 0 Å². The lowest BCUT2D eigenvalue weighted by Gasteiger charge is -2.29. The number of carbonyl (C=O) groups excluding carboxylic acids is 1. The van der Waals surface area contributed by atoms with Gasteiger partial charge in [-0.05, 0) is 30.3 Å². The van der Waals surface area contributed by atoms with Crippen molar-refractivity contribution in [1.29, 1.82) is 0 Å². The second kappa shape index (κ2) is 11.4. The third-order valence-electron chi connectivity index (χ3n) is 7.08. The van der Waals surface area contributed by atoms with Crippen molar-refractivity contribution in [2.45, 2.75) is 0 Å². The number of carbonyl (C=O) groups is 1. The number of amides is 1. The molecule has 3 aromatic heterocycles. The van der Waals surface area contributed by atoms with Crippen LogP contribution in [0.15, 0.2) is 67.6 Å². The Labute approximate surface area is 251 Å². The molecule has 0 unspecified atom stereocenters. The number of benzene rings is 2. The number of hydrogen-bond donors (Lipinski definition) is 3. The minimum Gasteiger partial charge on any atom is -0.506 e. The highest BCUT2D eigenvalue weighted by molar-refractivity contribution is 6.41.